The molecule has 0 spiro atoms. The van der Waals surface area contributed by atoms with Gasteiger partial charge in [0, 0.05) is 9.23 Å². The molecular weight excluding hydrogens is 191 g/mol. The van der Waals surface area contributed by atoms with E-state index in [0.717, 1.165) is 10.1 Å². The first-order valence-corrected chi connectivity index (χ1v) is 4.44. The molecule has 0 saturated carbocycles. The van der Waals surface area contributed by atoms with Crippen LogP contribution in [0.1, 0.15) is 9.67 Å². The summed E-state index contributed by atoms with van der Waals surface area (Å²) in [5.41, 5.74) is 0. The fourth-order valence-electron chi connectivity index (χ4n) is 1.12. The van der Waals surface area contributed by atoms with Crippen LogP contribution in [-0.4, -0.2) is 5.97 Å². The summed E-state index contributed by atoms with van der Waals surface area (Å²) in [6, 6.07) is 9.07. The number of hydrogen-bond acceptors (Lipinski definition) is 3. The molecule has 13 heavy (non-hydrogen) atoms. The van der Waals surface area contributed by atoms with Crippen molar-refractivity contribution in [2.75, 3.05) is 0 Å². The molecule has 0 aliphatic carbocycles. The summed E-state index contributed by atoms with van der Waals surface area (Å²) >= 11 is 1.22. The highest BCUT2D eigenvalue weighted by molar-refractivity contribution is 7.20. The zero-order chi connectivity index (χ0) is 9.26. The van der Waals surface area contributed by atoms with Gasteiger partial charge in [-0.15, -0.1) is 11.3 Å². The molecule has 0 saturated heterocycles. The Morgan fingerprint density at radius 3 is 2.85 bits per heavy atom. The van der Waals surface area contributed by atoms with Gasteiger partial charge in [-0.3, -0.25) is 0 Å². The van der Waals surface area contributed by atoms with Gasteiger partial charge in [-0.2, -0.15) is 0 Å². The van der Waals surface area contributed by atoms with Crippen LogP contribution in [0.25, 0.3) is 10.1 Å². The normalized spacial score (nSPS) is 10.2. The van der Waals surface area contributed by atoms with Gasteiger partial charge < -0.3 is 0 Å². The van der Waals surface area contributed by atoms with E-state index >= 15 is 0 Å². The zero-order valence-corrected chi connectivity index (χ0v) is 7.31. The van der Waals surface area contributed by atoms with Crippen LogP contribution in [0.4, 0.5) is 4.53 Å². The smallest absolute Gasteiger partial charge is 0.248 e. The van der Waals surface area contributed by atoms with Gasteiger partial charge in [-0.05, 0) is 17.5 Å². The molecule has 2 aromatic rings. The fraction of sp³-hybridized carbons (Fsp3) is 0. The Hall–Kier alpha value is -1.42. The SMILES string of the molecule is O=C(OF)c1cc2ccccc2s1. The molecule has 2 nitrogen and oxygen atoms in total. The standard InChI is InChI=1S/C9H5FO2S/c10-12-9(11)8-5-6-3-1-2-4-7(6)13-8/h1-5H. The van der Waals surface area contributed by atoms with Crippen LogP contribution in [0.3, 0.4) is 0 Å². The predicted molar refractivity (Wildman–Crippen MR) is 48.3 cm³/mol. The van der Waals surface area contributed by atoms with Crippen molar-refractivity contribution in [3.8, 4) is 0 Å². The van der Waals surface area contributed by atoms with Crippen LogP contribution in [0, 0.1) is 0 Å². The third-order valence-electron chi connectivity index (χ3n) is 1.70. The van der Waals surface area contributed by atoms with Crippen LogP contribution < -0.4 is 0 Å². The van der Waals surface area contributed by atoms with Crippen molar-refractivity contribution in [2.24, 2.45) is 0 Å². The zero-order valence-electron chi connectivity index (χ0n) is 6.49. The van der Waals surface area contributed by atoms with E-state index in [1.54, 1.807) is 6.07 Å². The lowest BCUT2D eigenvalue weighted by Gasteiger charge is -1.84. The number of halogens is 1. The van der Waals surface area contributed by atoms with Crippen molar-refractivity contribution in [2.45, 2.75) is 0 Å². The number of fused-ring (bicyclic) bond motifs is 1. The summed E-state index contributed by atoms with van der Waals surface area (Å²) in [7, 11) is 0. The summed E-state index contributed by atoms with van der Waals surface area (Å²) in [6.07, 6.45) is 0. The van der Waals surface area contributed by atoms with Crippen molar-refractivity contribution in [3.05, 3.63) is 35.2 Å². The van der Waals surface area contributed by atoms with Gasteiger partial charge in [-0.1, -0.05) is 18.2 Å². The summed E-state index contributed by atoms with van der Waals surface area (Å²) in [4.78, 5) is 14.2. The minimum atomic E-state index is -0.929. The van der Waals surface area contributed by atoms with Crippen molar-refractivity contribution >= 4 is 27.4 Å². The maximum atomic E-state index is 11.6. The molecule has 1 heterocycles. The summed E-state index contributed by atoms with van der Waals surface area (Å²) in [6.45, 7) is 0. The van der Waals surface area contributed by atoms with Gasteiger partial charge >= 0.3 is 5.97 Å². The average molecular weight is 196 g/mol. The van der Waals surface area contributed by atoms with Crippen LogP contribution in [0.15, 0.2) is 30.3 Å². The second kappa shape index (κ2) is 3.14. The van der Waals surface area contributed by atoms with Gasteiger partial charge in [0.05, 0.1) is 0 Å². The summed E-state index contributed by atoms with van der Waals surface area (Å²) in [5, 5.41) is 0.924. The Bertz CT molecular complexity index is 417. The molecule has 0 N–H and O–H groups in total. The quantitative estimate of drug-likeness (QED) is 0.700. The minimum absolute atomic E-state index is 0.281. The summed E-state index contributed by atoms with van der Waals surface area (Å²) in [5.74, 6) is -0.929. The molecule has 66 valence electrons. The van der Waals surface area contributed by atoms with E-state index in [9.17, 15) is 9.32 Å². The van der Waals surface area contributed by atoms with Crippen molar-refractivity contribution < 1.29 is 14.3 Å². The van der Waals surface area contributed by atoms with E-state index < -0.39 is 5.97 Å². The molecule has 1 aromatic carbocycles. The number of rotatable bonds is 1. The third-order valence-corrected chi connectivity index (χ3v) is 2.79. The van der Waals surface area contributed by atoms with Crippen molar-refractivity contribution in [1.29, 1.82) is 0 Å². The number of carbonyl (C=O) groups excluding carboxylic acids is 1. The largest absolute Gasteiger partial charge is 0.389 e. The third kappa shape index (κ3) is 1.40. The fourth-order valence-corrected chi connectivity index (χ4v) is 2.05. The first-order valence-electron chi connectivity index (χ1n) is 3.63. The lowest BCUT2D eigenvalue weighted by molar-refractivity contribution is -0.0783. The lowest BCUT2D eigenvalue weighted by Crippen LogP contribution is -1.93. The lowest BCUT2D eigenvalue weighted by atomic mass is 10.2. The van der Waals surface area contributed by atoms with Crippen molar-refractivity contribution in [1.82, 2.24) is 0 Å². The Labute approximate surface area is 77.5 Å². The van der Waals surface area contributed by atoms with Gasteiger partial charge in [0.25, 0.3) is 0 Å². The highest BCUT2D eigenvalue weighted by atomic mass is 32.1. The molecule has 1 aromatic heterocycles. The Kier molecular flexibility index (Phi) is 1.98. The molecule has 0 aliphatic heterocycles. The highest BCUT2D eigenvalue weighted by Crippen LogP contribution is 2.25. The molecule has 0 fully saturated rings. The Morgan fingerprint density at radius 2 is 2.15 bits per heavy atom. The molecule has 0 bridgehead atoms. The van der Waals surface area contributed by atoms with E-state index in [1.807, 2.05) is 24.3 Å². The summed E-state index contributed by atoms with van der Waals surface area (Å²) < 4.78 is 12.5. The first kappa shape index (κ1) is 8.19. The molecule has 0 amide bonds. The van der Waals surface area contributed by atoms with Crippen LogP contribution in [-0.2, 0) is 4.94 Å². The van der Waals surface area contributed by atoms with E-state index in [2.05, 4.69) is 4.94 Å². The highest BCUT2D eigenvalue weighted by Gasteiger charge is 2.11. The monoisotopic (exact) mass is 196 g/mol. The topological polar surface area (TPSA) is 26.3 Å². The Balaban J connectivity index is 2.56. The molecule has 0 radical (unpaired) electrons. The number of benzene rings is 1. The van der Waals surface area contributed by atoms with Crippen LogP contribution >= 0.6 is 11.3 Å². The molecule has 0 atom stereocenters. The minimum Gasteiger partial charge on any atom is -0.248 e. The Morgan fingerprint density at radius 1 is 1.38 bits per heavy atom. The maximum Gasteiger partial charge on any atom is 0.389 e. The average Bonchev–Trinajstić information content (AvgIpc) is 2.59. The number of hydrogen-bond donors (Lipinski definition) is 0. The molecule has 0 aliphatic rings. The first-order chi connectivity index (χ1) is 6.31. The van der Waals surface area contributed by atoms with E-state index in [1.165, 1.54) is 11.3 Å². The molecule has 0 unspecified atom stereocenters. The second-order valence-corrected chi connectivity index (χ2v) is 3.60. The number of thiophene rings is 1. The molecular formula is C9H5FO2S. The van der Waals surface area contributed by atoms with E-state index in [-0.39, 0.29) is 4.88 Å². The second-order valence-electron chi connectivity index (χ2n) is 2.51. The van der Waals surface area contributed by atoms with Crippen LogP contribution in [0.5, 0.6) is 0 Å². The maximum absolute atomic E-state index is 11.6. The van der Waals surface area contributed by atoms with Crippen LogP contribution in [0.2, 0.25) is 0 Å². The van der Waals surface area contributed by atoms with Gasteiger partial charge in [0.1, 0.15) is 4.88 Å². The van der Waals surface area contributed by atoms with Crippen molar-refractivity contribution in [3.63, 3.8) is 0 Å². The van der Waals surface area contributed by atoms with Gasteiger partial charge in [-0.25, -0.2) is 9.74 Å². The van der Waals surface area contributed by atoms with Gasteiger partial charge in [0.15, 0.2) is 0 Å². The molecule has 2 rings (SSSR count). The van der Waals surface area contributed by atoms with Gasteiger partial charge in [0.2, 0.25) is 0 Å². The number of carbonyl (C=O) groups is 1. The predicted octanol–water partition coefficient (Wildman–Crippen LogP) is 2.94. The molecule has 4 heteroatoms. The van der Waals surface area contributed by atoms with E-state index in [4.69, 9.17) is 0 Å². The van der Waals surface area contributed by atoms with E-state index in [0.29, 0.717) is 0 Å².